The van der Waals surface area contributed by atoms with Crippen LogP contribution in [0.25, 0.3) is 0 Å². The first kappa shape index (κ1) is 12.0. The SMILES string of the molecule is O=C(Nc1ncn[nH]1)NC1(c2cccc(Cl)c2)CC1. The number of urea groups is 1. The van der Waals surface area contributed by atoms with E-state index in [2.05, 4.69) is 25.8 Å². The molecule has 2 aromatic rings. The van der Waals surface area contributed by atoms with Gasteiger partial charge in [0.25, 0.3) is 0 Å². The average molecular weight is 278 g/mol. The largest absolute Gasteiger partial charge is 0.328 e. The van der Waals surface area contributed by atoms with Gasteiger partial charge in [-0.25, -0.2) is 9.89 Å². The molecule has 0 unspecified atom stereocenters. The molecule has 1 aromatic heterocycles. The highest BCUT2D eigenvalue weighted by atomic mass is 35.5. The van der Waals surface area contributed by atoms with Gasteiger partial charge in [-0.3, -0.25) is 5.32 Å². The summed E-state index contributed by atoms with van der Waals surface area (Å²) >= 11 is 5.98. The second-order valence-corrected chi connectivity index (χ2v) is 4.94. The molecular weight excluding hydrogens is 266 g/mol. The number of hydrogen-bond donors (Lipinski definition) is 3. The Morgan fingerprint density at radius 2 is 2.26 bits per heavy atom. The molecule has 1 heterocycles. The third-order valence-corrected chi connectivity index (χ3v) is 3.36. The molecule has 7 heteroatoms. The minimum atomic E-state index is -0.311. The predicted octanol–water partition coefficient (Wildman–Crippen LogP) is 2.27. The fourth-order valence-electron chi connectivity index (χ4n) is 2.02. The van der Waals surface area contributed by atoms with Crippen LogP contribution in [0.15, 0.2) is 30.6 Å². The summed E-state index contributed by atoms with van der Waals surface area (Å²) in [6.45, 7) is 0. The summed E-state index contributed by atoms with van der Waals surface area (Å²) in [5.41, 5.74) is 0.711. The lowest BCUT2D eigenvalue weighted by molar-refractivity contribution is 0.247. The van der Waals surface area contributed by atoms with Crippen LogP contribution >= 0.6 is 11.6 Å². The van der Waals surface area contributed by atoms with E-state index in [9.17, 15) is 4.79 Å². The number of carbonyl (C=O) groups excluding carboxylic acids is 1. The van der Waals surface area contributed by atoms with E-state index in [0.29, 0.717) is 11.0 Å². The highest BCUT2D eigenvalue weighted by molar-refractivity contribution is 6.30. The Morgan fingerprint density at radius 1 is 1.42 bits per heavy atom. The Hall–Kier alpha value is -2.08. The van der Waals surface area contributed by atoms with Gasteiger partial charge in [0.05, 0.1) is 5.54 Å². The number of aromatic amines is 1. The van der Waals surface area contributed by atoms with Gasteiger partial charge < -0.3 is 5.32 Å². The van der Waals surface area contributed by atoms with Gasteiger partial charge in [-0.1, -0.05) is 23.7 Å². The number of nitrogens with one attached hydrogen (secondary N) is 3. The number of anilines is 1. The lowest BCUT2D eigenvalue weighted by atomic mass is 10.1. The minimum absolute atomic E-state index is 0.311. The fraction of sp³-hybridized carbons (Fsp3) is 0.250. The van der Waals surface area contributed by atoms with Crippen LogP contribution < -0.4 is 10.6 Å². The van der Waals surface area contributed by atoms with Crippen LogP contribution in [0.3, 0.4) is 0 Å². The molecule has 1 saturated carbocycles. The quantitative estimate of drug-likeness (QED) is 0.805. The van der Waals surface area contributed by atoms with E-state index in [-0.39, 0.29) is 11.6 Å². The number of halogens is 1. The molecule has 1 fully saturated rings. The summed E-state index contributed by atoms with van der Waals surface area (Å²) in [6, 6.07) is 7.23. The highest BCUT2D eigenvalue weighted by Crippen LogP contribution is 2.45. The number of benzene rings is 1. The first-order valence-corrected chi connectivity index (χ1v) is 6.26. The van der Waals surface area contributed by atoms with Crippen LogP contribution in [0.1, 0.15) is 18.4 Å². The summed E-state index contributed by atoms with van der Waals surface area (Å²) < 4.78 is 0. The van der Waals surface area contributed by atoms with Crippen molar-refractivity contribution in [2.45, 2.75) is 18.4 Å². The molecule has 6 nitrogen and oxygen atoms in total. The van der Waals surface area contributed by atoms with E-state index < -0.39 is 0 Å². The lowest BCUT2D eigenvalue weighted by Gasteiger charge is -2.18. The van der Waals surface area contributed by atoms with Crippen molar-refractivity contribution in [2.24, 2.45) is 0 Å². The smallest absolute Gasteiger partial charge is 0.322 e. The topological polar surface area (TPSA) is 82.7 Å². The normalized spacial score (nSPS) is 15.8. The number of rotatable bonds is 3. The maximum atomic E-state index is 11.9. The molecule has 0 bridgehead atoms. The van der Waals surface area contributed by atoms with Gasteiger partial charge in [-0.2, -0.15) is 10.1 Å². The standard InChI is InChI=1S/C12H12ClN5O/c13-9-3-1-2-8(6-9)12(4-5-12)17-11(19)16-10-14-7-15-18-10/h1-3,6-7H,4-5H2,(H3,14,15,16,17,18,19). The number of H-pyrrole nitrogens is 1. The molecule has 0 saturated heterocycles. The van der Waals surface area contributed by atoms with Crippen LogP contribution in [-0.4, -0.2) is 21.2 Å². The third-order valence-electron chi connectivity index (χ3n) is 3.13. The molecule has 0 radical (unpaired) electrons. The second-order valence-electron chi connectivity index (χ2n) is 4.51. The van der Waals surface area contributed by atoms with Gasteiger partial charge >= 0.3 is 6.03 Å². The zero-order chi connectivity index (χ0) is 13.3. The molecule has 0 spiro atoms. The van der Waals surface area contributed by atoms with Crippen molar-refractivity contribution >= 4 is 23.6 Å². The number of amides is 2. The zero-order valence-corrected chi connectivity index (χ0v) is 10.7. The summed E-state index contributed by atoms with van der Waals surface area (Å²) in [6.07, 6.45) is 3.13. The molecule has 2 amide bonds. The van der Waals surface area contributed by atoms with Gasteiger partial charge in [0.1, 0.15) is 6.33 Å². The highest BCUT2D eigenvalue weighted by Gasteiger charge is 2.45. The molecule has 1 aliphatic carbocycles. The Labute approximate surface area is 114 Å². The fourth-order valence-corrected chi connectivity index (χ4v) is 2.21. The summed E-state index contributed by atoms with van der Waals surface area (Å²) in [5, 5.41) is 12.4. The molecule has 1 aliphatic rings. The van der Waals surface area contributed by atoms with E-state index in [4.69, 9.17) is 11.6 Å². The molecule has 3 N–H and O–H groups in total. The van der Waals surface area contributed by atoms with Gasteiger partial charge in [0, 0.05) is 5.02 Å². The Morgan fingerprint density at radius 3 is 2.89 bits per heavy atom. The van der Waals surface area contributed by atoms with Crippen LogP contribution in [0, 0.1) is 0 Å². The van der Waals surface area contributed by atoms with Crippen molar-refractivity contribution in [3.8, 4) is 0 Å². The van der Waals surface area contributed by atoms with Crippen LogP contribution in [-0.2, 0) is 5.54 Å². The molecule has 1 aromatic carbocycles. The van der Waals surface area contributed by atoms with E-state index >= 15 is 0 Å². The van der Waals surface area contributed by atoms with E-state index in [1.54, 1.807) is 0 Å². The minimum Gasteiger partial charge on any atom is -0.328 e. The lowest BCUT2D eigenvalue weighted by Crippen LogP contribution is -2.38. The van der Waals surface area contributed by atoms with Crippen molar-refractivity contribution in [2.75, 3.05) is 5.32 Å². The molecule has 0 aliphatic heterocycles. The molecule has 3 rings (SSSR count). The Bertz CT molecular complexity index is 594. The summed E-state index contributed by atoms with van der Waals surface area (Å²) in [4.78, 5) is 15.7. The zero-order valence-electron chi connectivity index (χ0n) is 9.98. The number of carbonyl (C=O) groups is 1. The van der Waals surface area contributed by atoms with Gasteiger partial charge in [0.15, 0.2) is 0 Å². The van der Waals surface area contributed by atoms with Crippen LogP contribution in [0.5, 0.6) is 0 Å². The van der Waals surface area contributed by atoms with Crippen molar-refractivity contribution in [1.29, 1.82) is 0 Å². The van der Waals surface area contributed by atoms with E-state index in [0.717, 1.165) is 18.4 Å². The van der Waals surface area contributed by atoms with E-state index in [1.165, 1.54) is 6.33 Å². The number of aromatic nitrogens is 3. The van der Waals surface area contributed by atoms with Crippen molar-refractivity contribution < 1.29 is 4.79 Å². The molecule has 98 valence electrons. The molecule has 19 heavy (non-hydrogen) atoms. The van der Waals surface area contributed by atoms with Crippen molar-refractivity contribution in [3.63, 3.8) is 0 Å². The summed E-state index contributed by atoms with van der Waals surface area (Å²) in [5.74, 6) is 0.319. The van der Waals surface area contributed by atoms with Gasteiger partial charge in [-0.05, 0) is 30.5 Å². The third kappa shape index (κ3) is 2.53. The molecular formula is C12H12ClN5O. The first-order valence-electron chi connectivity index (χ1n) is 5.89. The van der Waals surface area contributed by atoms with Crippen molar-refractivity contribution in [1.82, 2.24) is 20.5 Å². The first-order chi connectivity index (χ1) is 9.18. The predicted molar refractivity (Wildman–Crippen MR) is 70.9 cm³/mol. The monoisotopic (exact) mass is 277 g/mol. The second kappa shape index (κ2) is 4.55. The summed E-state index contributed by atoms with van der Waals surface area (Å²) in [7, 11) is 0. The average Bonchev–Trinajstić information content (AvgIpc) is 2.97. The maximum Gasteiger partial charge on any atom is 0.322 e. The molecule has 0 atom stereocenters. The van der Waals surface area contributed by atoms with E-state index in [1.807, 2.05) is 24.3 Å². The Kier molecular flexibility index (Phi) is 2.87. The van der Waals surface area contributed by atoms with Gasteiger partial charge in [-0.15, -0.1) is 0 Å². The van der Waals surface area contributed by atoms with Crippen LogP contribution in [0.4, 0.5) is 10.7 Å². The Balaban J connectivity index is 1.70. The van der Waals surface area contributed by atoms with Crippen LogP contribution in [0.2, 0.25) is 5.02 Å². The number of nitrogens with zero attached hydrogens (tertiary/aromatic N) is 2. The van der Waals surface area contributed by atoms with Gasteiger partial charge in [0.2, 0.25) is 5.95 Å². The maximum absolute atomic E-state index is 11.9. The van der Waals surface area contributed by atoms with Crippen molar-refractivity contribution in [3.05, 3.63) is 41.2 Å². The number of hydrogen-bond acceptors (Lipinski definition) is 3.